The van der Waals surface area contributed by atoms with Crippen molar-refractivity contribution in [2.24, 2.45) is 0 Å². The van der Waals surface area contributed by atoms with Crippen molar-refractivity contribution in [2.75, 3.05) is 18.5 Å². The minimum absolute atomic E-state index is 0.172. The van der Waals surface area contributed by atoms with Crippen molar-refractivity contribution in [1.82, 2.24) is 0 Å². The second-order valence-electron chi connectivity index (χ2n) is 3.23. The molecule has 1 aliphatic heterocycles. The second-order valence-corrected chi connectivity index (χ2v) is 3.23. The Kier molecular flexibility index (Phi) is 2.39. The SMILES string of the molecule is CCNc1cccc2c1OCCC2=O. The molecule has 3 nitrogen and oxygen atoms in total. The highest BCUT2D eigenvalue weighted by atomic mass is 16.5. The maximum absolute atomic E-state index is 11.5. The number of para-hydroxylation sites is 1. The topological polar surface area (TPSA) is 38.3 Å². The van der Waals surface area contributed by atoms with Gasteiger partial charge in [-0.05, 0) is 19.1 Å². The number of ether oxygens (including phenoxy) is 1. The van der Waals surface area contributed by atoms with Gasteiger partial charge in [0.1, 0.15) is 0 Å². The van der Waals surface area contributed by atoms with Crippen LogP contribution >= 0.6 is 0 Å². The summed E-state index contributed by atoms with van der Waals surface area (Å²) < 4.78 is 5.49. The molecule has 1 aromatic carbocycles. The monoisotopic (exact) mass is 191 g/mol. The molecule has 2 rings (SSSR count). The van der Waals surface area contributed by atoms with E-state index in [9.17, 15) is 4.79 Å². The third-order valence-corrected chi connectivity index (χ3v) is 2.26. The van der Waals surface area contributed by atoms with E-state index in [0.29, 0.717) is 24.3 Å². The molecule has 74 valence electrons. The minimum Gasteiger partial charge on any atom is -0.490 e. The number of nitrogens with one attached hydrogen (secondary N) is 1. The molecule has 0 saturated heterocycles. The molecular formula is C11H13NO2. The number of Topliss-reactive ketones (excluding diaryl/α,β-unsaturated/α-hetero) is 1. The Bertz CT molecular complexity index is 360. The molecule has 0 fully saturated rings. The van der Waals surface area contributed by atoms with E-state index >= 15 is 0 Å². The van der Waals surface area contributed by atoms with Gasteiger partial charge in [-0.25, -0.2) is 0 Å². The number of carbonyl (C=O) groups is 1. The maximum atomic E-state index is 11.5. The fourth-order valence-corrected chi connectivity index (χ4v) is 1.62. The van der Waals surface area contributed by atoms with Gasteiger partial charge in [-0.2, -0.15) is 0 Å². The zero-order valence-corrected chi connectivity index (χ0v) is 8.17. The van der Waals surface area contributed by atoms with Gasteiger partial charge in [0.25, 0.3) is 0 Å². The van der Waals surface area contributed by atoms with Crippen molar-refractivity contribution in [2.45, 2.75) is 13.3 Å². The predicted molar refractivity (Wildman–Crippen MR) is 55.0 cm³/mol. The number of fused-ring (bicyclic) bond motifs is 1. The molecule has 1 aromatic rings. The molecule has 1 N–H and O–H groups in total. The van der Waals surface area contributed by atoms with Crippen LogP contribution in [0.3, 0.4) is 0 Å². The molecular weight excluding hydrogens is 178 g/mol. The Morgan fingerprint density at radius 2 is 2.36 bits per heavy atom. The van der Waals surface area contributed by atoms with Crippen LogP contribution in [0.5, 0.6) is 5.75 Å². The van der Waals surface area contributed by atoms with Gasteiger partial charge in [-0.3, -0.25) is 4.79 Å². The lowest BCUT2D eigenvalue weighted by Crippen LogP contribution is -2.16. The Hall–Kier alpha value is -1.51. The average molecular weight is 191 g/mol. The first kappa shape index (κ1) is 9.06. The molecule has 1 aliphatic rings. The second kappa shape index (κ2) is 3.70. The number of ketones is 1. The first-order chi connectivity index (χ1) is 6.83. The van der Waals surface area contributed by atoms with Crippen LogP contribution in [0, 0.1) is 0 Å². The van der Waals surface area contributed by atoms with E-state index in [2.05, 4.69) is 5.32 Å². The normalized spacial score (nSPS) is 14.5. The zero-order valence-electron chi connectivity index (χ0n) is 8.17. The molecule has 0 bridgehead atoms. The van der Waals surface area contributed by atoms with Gasteiger partial charge in [0.15, 0.2) is 11.5 Å². The van der Waals surface area contributed by atoms with Crippen LogP contribution in [0.2, 0.25) is 0 Å². The first-order valence-electron chi connectivity index (χ1n) is 4.86. The summed E-state index contributed by atoms with van der Waals surface area (Å²) in [4.78, 5) is 11.5. The smallest absolute Gasteiger partial charge is 0.170 e. The van der Waals surface area contributed by atoms with Crippen molar-refractivity contribution < 1.29 is 9.53 Å². The Morgan fingerprint density at radius 3 is 3.14 bits per heavy atom. The molecule has 0 unspecified atom stereocenters. The summed E-state index contributed by atoms with van der Waals surface area (Å²) in [5, 5.41) is 3.18. The third kappa shape index (κ3) is 1.45. The lowest BCUT2D eigenvalue weighted by molar-refractivity contribution is 0.0934. The summed E-state index contributed by atoms with van der Waals surface area (Å²) in [6.07, 6.45) is 0.489. The summed E-state index contributed by atoms with van der Waals surface area (Å²) in [5.74, 6) is 0.886. The lowest BCUT2D eigenvalue weighted by Gasteiger charge is -2.19. The first-order valence-corrected chi connectivity index (χ1v) is 4.86. The summed E-state index contributed by atoms with van der Waals surface area (Å²) >= 11 is 0. The van der Waals surface area contributed by atoms with E-state index in [-0.39, 0.29) is 5.78 Å². The molecule has 0 amide bonds. The summed E-state index contributed by atoms with van der Waals surface area (Å²) in [5.41, 5.74) is 1.62. The van der Waals surface area contributed by atoms with E-state index < -0.39 is 0 Å². The van der Waals surface area contributed by atoms with Crippen LogP contribution in [0.25, 0.3) is 0 Å². The van der Waals surface area contributed by atoms with Gasteiger partial charge in [-0.15, -0.1) is 0 Å². The molecule has 0 atom stereocenters. The summed E-state index contributed by atoms with van der Waals surface area (Å²) in [6.45, 7) is 3.34. The fourth-order valence-electron chi connectivity index (χ4n) is 1.62. The van der Waals surface area contributed by atoms with E-state index in [1.807, 2.05) is 25.1 Å². The van der Waals surface area contributed by atoms with Crippen molar-refractivity contribution in [3.8, 4) is 5.75 Å². The van der Waals surface area contributed by atoms with Crippen LogP contribution in [0.1, 0.15) is 23.7 Å². The number of carbonyl (C=O) groups excluding carboxylic acids is 1. The largest absolute Gasteiger partial charge is 0.490 e. The third-order valence-electron chi connectivity index (χ3n) is 2.26. The van der Waals surface area contributed by atoms with Gasteiger partial charge < -0.3 is 10.1 Å². The number of hydrogen-bond acceptors (Lipinski definition) is 3. The molecule has 1 heterocycles. The highest BCUT2D eigenvalue weighted by Crippen LogP contribution is 2.32. The number of rotatable bonds is 2. The lowest BCUT2D eigenvalue weighted by atomic mass is 10.0. The Labute approximate surface area is 83.1 Å². The van der Waals surface area contributed by atoms with E-state index in [1.165, 1.54) is 0 Å². The standard InChI is InChI=1S/C11H13NO2/c1-2-12-9-5-3-4-8-10(13)6-7-14-11(8)9/h3-5,12H,2,6-7H2,1H3. The molecule has 0 aromatic heterocycles. The predicted octanol–water partition coefficient (Wildman–Crippen LogP) is 2.08. The summed E-state index contributed by atoms with van der Waals surface area (Å²) in [7, 11) is 0. The molecule has 0 spiro atoms. The van der Waals surface area contributed by atoms with Crippen molar-refractivity contribution >= 4 is 11.5 Å². The zero-order chi connectivity index (χ0) is 9.97. The van der Waals surface area contributed by atoms with E-state index in [1.54, 1.807) is 0 Å². The van der Waals surface area contributed by atoms with Crippen LogP contribution < -0.4 is 10.1 Å². The maximum Gasteiger partial charge on any atom is 0.170 e. The van der Waals surface area contributed by atoms with Crippen molar-refractivity contribution in [3.63, 3.8) is 0 Å². The van der Waals surface area contributed by atoms with Gasteiger partial charge in [0.2, 0.25) is 0 Å². The van der Waals surface area contributed by atoms with Gasteiger partial charge in [0, 0.05) is 13.0 Å². The van der Waals surface area contributed by atoms with E-state index in [4.69, 9.17) is 4.74 Å². The molecule has 0 aliphatic carbocycles. The quantitative estimate of drug-likeness (QED) is 0.777. The number of anilines is 1. The van der Waals surface area contributed by atoms with Crippen molar-refractivity contribution in [1.29, 1.82) is 0 Å². The van der Waals surface area contributed by atoms with Gasteiger partial charge >= 0.3 is 0 Å². The molecule has 14 heavy (non-hydrogen) atoms. The number of benzene rings is 1. The van der Waals surface area contributed by atoms with Gasteiger partial charge in [-0.1, -0.05) is 6.07 Å². The van der Waals surface area contributed by atoms with E-state index in [0.717, 1.165) is 12.2 Å². The van der Waals surface area contributed by atoms with Crippen LogP contribution in [-0.4, -0.2) is 18.9 Å². The van der Waals surface area contributed by atoms with Crippen molar-refractivity contribution in [3.05, 3.63) is 23.8 Å². The Balaban J connectivity index is 2.44. The number of hydrogen-bond donors (Lipinski definition) is 1. The summed E-state index contributed by atoms with van der Waals surface area (Å²) in [6, 6.07) is 5.63. The fraction of sp³-hybridized carbons (Fsp3) is 0.364. The van der Waals surface area contributed by atoms with Gasteiger partial charge in [0.05, 0.1) is 17.9 Å². The highest BCUT2D eigenvalue weighted by Gasteiger charge is 2.20. The molecule has 3 heteroatoms. The Morgan fingerprint density at radius 1 is 1.50 bits per heavy atom. The molecule has 0 radical (unpaired) electrons. The minimum atomic E-state index is 0.172. The molecule has 0 saturated carbocycles. The van der Waals surface area contributed by atoms with Crippen LogP contribution in [0.15, 0.2) is 18.2 Å². The highest BCUT2D eigenvalue weighted by molar-refractivity contribution is 6.01. The van der Waals surface area contributed by atoms with Crippen LogP contribution in [0.4, 0.5) is 5.69 Å². The van der Waals surface area contributed by atoms with Crippen LogP contribution in [-0.2, 0) is 0 Å². The average Bonchev–Trinajstić information content (AvgIpc) is 2.20.